The molecule has 0 aliphatic carbocycles. The molecule has 2 rings (SSSR count). The van der Waals surface area contributed by atoms with E-state index in [1.807, 2.05) is 0 Å². The first-order valence-corrected chi connectivity index (χ1v) is 8.28. The largest absolute Gasteiger partial charge is 0.480 e. The number of rotatable bonds is 7. The number of aliphatic carboxylic acids is 1. The van der Waals surface area contributed by atoms with Gasteiger partial charge < -0.3 is 20.5 Å². The van der Waals surface area contributed by atoms with Crippen LogP contribution in [0.1, 0.15) is 22.8 Å². The summed E-state index contributed by atoms with van der Waals surface area (Å²) in [6, 6.07) is 13.5. The van der Waals surface area contributed by atoms with Crippen LogP contribution in [0, 0.1) is 0 Å². The predicted molar refractivity (Wildman–Crippen MR) is 99.5 cm³/mol. The molecule has 3 N–H and O–H groups in total. The molecular formula is C20H22N2O5. The Labute approximate surface area is 157 Å². The molecule has 0 spiro atoms. The number of amides is 1. The molecule has 142 valence electrons. The van der Waals surface area contributed by atoms with Gasteiger partial charge in [0.25, 0.3) is 0 Å². The highest BCUT2D eigenvalue weighted by molar-refractivity contribution is 6.08. The monoisotopic (exact) mass is 370 g/mol. The molecule has 0 radical (unpaired) electrons. The van der Waals surface area contributed by atoms with Crippen molar-refractivity contribution in [2.24, 2.45) is 5.73 Å². The van der Waals surface area contributed by atoms with Gasteiger partial charge in [-0.05, 0) is 50.8 Å². The quantitative estimate of drug-likeness (QED) is 0.436. The summed E-state index contributed by atoms with van der Waals surface area (Å²) in [6.45, 7) is 1.60. The zero-order valence-electron chi connectivity index (χ0n) is 15.4. The number of ether oxygens (including phenoxy) is 1. The molecule has 0 aliphatic rings. The molecule has 0 saturated heterocycles. The first-order chi connectivity index (χ1) is 12.7. The molecule has 27 heavy (non-hydrogen) atoms. The lowest BCUT2D eigenvalue weighted by Gasteiger charge is -2.36. The number of nitrogens with zero attached hydrogens (tertiary/aromatic N) is 1. The lowest BCUT2D eigenvalue weighted by atomic mass is 9.73. The zero-order valence-corrected chi connectivity index (χ0v) is 15.4. The summed E-state index contributed by atoms with van der Waals surface area (Å²) < 4.78 is 5.34. The summed E-state index contributed by atoms with van der Waals surface area (Å²) in [5, 5.41) is 9.88. The Morgan fingerprint density at radius 2 is 1.70 bits per heavy atom. The first-order valence-electron chi connectivity index (χ1n) is 8.28. The Bertz CT molecular complexity index is 834. The van der Waals surface area contributed by atoms with Crippen LogP contribution >= 0.6 is 0 Å². The first kappa shape index (κ1) is 20.1. The number of carboxylic acid groups (broad SMARTS) is 1. The van der Waals surface area contributed by atoms with Crippen LogP contribution in [0.4, 0.5) is 0 Å². The molecule has 0 bridgehead atoms. The minimum Gasteiger partial charge on any atom is -0.480 e. The standard InChI is InChI=1S/C20H22N2O5/c1-13(22(2)3)20(18(21)24,19(25)26)15-10-7-11-16(12-15)27-17(23)14-8-5-4-6-9-14/h4-13H,1-3H3,(H2,21,24)(H,25,26). The number of hydrogen-bond donors (Lipinski definition) is 2. The molecule has 1 amide bonds. The van der Waals surface area contributed by atoms with Crippen LogP contribution in [0.25, 0.3) is 0 Å². The summed E-state index contributed by atoms with van der Waals surface area (Å²) in [5.41, 5.74) is 4.02. The van der Waals surface area contributed by atoms with Crippen molar-refractivity contribution in [1.82, 2.24) is 4.90 Å². The number of primary amides is 1. The van der Waals surface area contributed by atoms with Gasteiger partial charge in [0.05, 0.1) is 5.56 Å². The molecular weight excluding hydrogens is 348 g/mol. The average Bonchev–Trinajstić information content (AvgIpc) is 2.62. The van der Waals surface area contributed by atoms with Crippen molar-refractivity contribution < 1.29 is 24.2 Å². The average molecular weight is 370 g/mol. The molecule has 0 aliphatic heterocycles. The van der Waals surface area contributed by atoms with Crippen molar-refractivity contribution in [2.45, 2.75) is 18.4 Å². The van der Waals surface area contributed by atoms with Gasteiger partial charge in [0.15, 0.2) is 5.41 Å². The van der Waals surface area contributed by atoms with Crippen LogP contribution in [0.2, 0.25) is 0 Å². The Balaban J connectivity index is 2.47. The fourth-order valence-corrected chi connectivity index (χ4v) is 2.93. The maximum atomic E-state index is 12.3. The molecule has 7 nitrogen and oxygen atoms in total. The van der Waals surface area contributed by atoms with E-state index in [1.165, 1.54) is 24.3 Å². The molecule has 7 heteroatoms. The van der Waals surface area contributed by atoms with E-state index in [4.69, 9.17) is 10.5 Å². The molecule has 0 fully saturated rings. The van der Waals surface area contributed by atoms with E-state index >= 15 is 0 Å². The fraction of sp³-hybridized carbons (Fsp3) is 0.250. The fourth-order valence-electron chi connectivity index (χ4n) is 2.93. The minimum atomic E-state index is -2.00. The van der Waals surface area contributed by atoms with Gasteiger partial charge in [-0.15, -0.1) is 0 Å². The number of hydrogen-bond acceptors (Lipinski definition) is 5. The van der Waals surface area contributed by atoms with Crippen molar-refractivity contribution in [2.75, 3.05) is 14.1 Å². The zero-order chi connectivity index (χ0) is 20.2. The lowest BCUT2D eigenvalue weighted by Crippen LogP contribution is -2.59. The normalized spacial score (nSPS) is 14.2. The number of esters is 1. The molecule has 2 aromatic rings. The van der Waals surface area contributed by atoms with Crippen molar-refractivity contribution in [3.63, 3.8) is 0 Å². The van der Waals surface area contributed by atoms with Crippen molar-refractivity contribution in [3.05, 3.63) is 65.7 Å². The number of carbonyl (C=O) groups is 3. The summed E-state index contributed by atoms with van der Waals surface area (Å²) in [6.07, 6.45) is 0. The second-order valence-corrected chi connectivity index (χ2v) is 6.40. The number of carboxylic acids is 1. The Morgan fingerprint density at radius 1 is 1.07 bits per heavy atom. The van der Waals surface area contributed by atoms with Gasteiger partial charge in [0.1, 0.15) is 5.75 Å². The van der Waals surface area contributed by atoms with Crippen LogP contribution in [-0.4, -0.2) is 48.0 Å². The Morgan fingerprint density at radius 3 is 2.22 bits per heavy atom. The maximum absolute atomic E-state index is 12.3. The summed E-state index contributed by atoms with van der Waals surface area (Å²) in [4.78, 5) is 38.2. The van der Waals surface area contributed by atoms with Crippen molar-refractivity contribution in [3.8, 4) is 5.75 Å². The van der Waals surface area contributed by atoms with Gasteiger partial charge >= 0.3 is 11.9 Å². The van der Waals surface area contributed by atoms with E-state index in [9.17, 15) is 19.5 Å². The highest BCUT2D eigenvalue weighted by Crippen LogP contribution is 2.33. The van der Waals surface area contributed by atoms with Gasteiger partial charge in [0.2, 0.25) is 5.91 Å². The van der Waals surface area contributed by atoms with Crippen LogP contribution in [0.3, 0.4) is 0 Å². The van der Waals surface area contributed by atoms with Crippen LogP contribution in [0.15, 0.2) is 54.6 Å². The molecule has 0 heterocycles. The third kappa shape index (κ3) is 3.83. The number of benzene rings is 2. The van der Waals surface area contributed by atoms with Crippen molar-refractivity contribution in [1.29, 1.82) is 0 Å². The number of carbonyl (C=O) groups excluding carboxylic acids is 2. The second kappa shape index (κ2) is 8.01. The summed E-state index contributed by atoms with van der Waals surface area (Å²) >= 11 is 0. The van der Waals surface area contributed by atoms with Gasteiger partial charge in [-0.1, -0.05) is 30.3 Å². The predicted octanol–water partition coefficient (Wildman–Crippen LogP) is 1.66. The molecule has 2 atom stereocenters. The van der Waals surface area contributed by atoms with E-state index in [0.717, 1.165) is 0 Å². The molecule has 2 unspecified atom stereocenters. The molecule has 2 aromatic carbocycles. The smallest absolute Gasteiger partial charge is 0.343 e. The van der Waals surface area contributed by atoms with E-state index in [0.29, 0.717) is 5.56 Å². The van der Waals surface area contributed by atoms with Gasteiger partial charge in [0, 0.05) is 6.04 Å². The summed E-state index contributed by atoms with van der Waals surface area (Å²) in [7, 11) is 3.31. The molecule has 0 aromatic heterocycles. The topological polar surface area (TPSA) is 110 Å². The van der Waals surface area contributed by atoms with Gasteiger partial charge in [-0.2, -0.15) is 0 Å². The van der Waals surface area contributed by atoms with Crippen LogP contribution in [-0.2, 0) is 15.0 Å². The van der Waals surface area contributed by atoms with E-state index in [-0.39, 0.29) is 11.3 Å². The minimum absolute atomic E-state index is 0.124. The molecule has 0 saturated carbocycles. The van der Waals surface area contributed by atoms with Gasteiger partial charge in [-0.3, -0.25) is 9.59 Å². The highest BCUT2D eigenvalue weighted by atomic mass is 16.5. The number of likely N-dealkylation sites (N-methyl/N-ethyl adjacent to an activating group) is 1. The van der Waals surface area contributed by atoms with Crippen LogP contribution < -0.4 is 10.5 Å². The SMILES string of the molecule is CC(N(C)C)C(C(N)=O)(C(=O)O)c1cccc(OC(=O)c2ccccc2)c1. The van der Waals surface area contributed by atoms with E-state index in [2.05, 4.69) is 0 Å². The number of nitrogens with two attached hydrogens (primary N) is 1. The van der Waals surface area contributed by atoms with E-state index < -0.39 is 29.3 Å². The summed E-state index contributed by atoms with van der Waals surface area (Å²) in [5.74, 6) is -2.84. The highest BCUT2D eigenvalue weighted by Gasteiger charge is 2.52. The third-order valence-electron chi connectivity index (χ3n) is 4.64. The van der Waals surface area contributed by atoms with Crippen LogP contribution in [0.5, 0.6) is 5.75 Å². The Hall–Kier alpha value is -3.19. The van der Waals surface area contributed by atoms with Crippen molar-refractivity contribution >= 4 is 17.8 Å². The maximum Gasteiger partial charge on any atom is 0.343 e. The Kier molecular flexibility index (Phi) is 5.97. The van der Waals surface area contributed by atoms with Gasteiger partial charge in [-0.25, -0.2) is 4.79 Å². The second-order valence-electron chi connectivity index (χ2n) is 6.40. The van der Waals surface area contributed by atoms with E-state index in [1.54, 1.807) is 56.3 Å². The lowest BCUT2D eigenvalue weighted by molar-refractivity contribution is -0.151. The third-order valence-corrected chi connectivity index (χ3v) is 4.64.